The minimum atomic E-state index is -0.0710. The molecule has 0 aromatic carbocycles. The molecule has 0 saturated heterocycles. The molecule has 18 heavy (non-hydrogen) atoms. The van der Waals surface area contributed by atoms with Crippen molar-refractivity contribution in [1.29, 1.82) is 5.26 Å². The van der Waals surface area contributed by atoms with Crippen LogP contribution >= 0.6 is 27.3 Å². The van der Waals surface area contributed by atoms with Crippen molar-refractivity contribution >= 4 is 33.0 Å². The van der Waals surface area contributed by atoms with E-state index in [0.29, 0.717) is 5.69 Å². The molecule has 0 amide bonds. The third-order valence-corrected chi connectivity index (χ3v) is 5.06. The van der Waals surface area contributed by atoms with Gasteiger partial charge < -0.3 is 4.57 Å². The molecule has 0 radical (unpaired) electrons. The first kappa shape index (κ1) is 11.7. The summed E-state index contributed by atoms with van der Waals surface area (Å²) in [6.45, 7) is 0.755. The normalized spacial score (nSPS) is 17.4. The molecule has 0 aliphatic carbocycles. The molecule has 1 atom stereocenters. The van der Waals surface area contributed by atoms with Gasteiger partial charge in [-0.1, -0.05) is 0 Å². The van der Waals surface area contributed by atoms with Gasteiger partial charge in [0, 0.05) is 16.7 Å². The second kappa shape index (κ2) is 4.38. The SMILES string of the molecule is N#CC1CCn2c(C(=O)c3sccc3Br)ccc21. The second-order valence-electron chi connectivity index (χ2n) is 4.19. The quantitative estimate of drug-likeness (QED) is 0.794. The Bertz CT molecular complexity index is 665. The fraction of sp³-hybridized carbons (Fsp3) is 0.231. The van der Waals surface area contributed by atoms with Crippen LogP contribution in [0.3, 0.4) is 0 Å². The van der Waals surface area contributed by atoms with Crippen LogP contribution in [0.5, 0.6) is 0 Å². The van der Waals surface area contributed by atoms with E-state index < -0.39 is 0 Å². The molecular weight excluding hydrogens is 312 g/mol. The summed E-state index contributed by atoms with van der Waals surface area (Å²) in [6.07, 6.45) is 0.804. The van der Waals surface area contributed by atoms with Gasteiger partial charge in [-0.25, -0.2) is 0 Å². The van der Waals surface area contributed by atoms with Gasteiger partial charge in [0.05, 0.1) is 22.6 Å². The summed E-state index contributed by atoms with van der Waals surface area (Å²) in [7, 11) is 0. The summed E-state index contributed by atoms with van der Waals surface area (Å²) in [5.74, 6) is -0.0416. The summed E-state index contributed by atoms with van der Waals surface area (Å²) in [6, 6.07) is 7.88. The zero-order valence-electron chi connectivity index (χ0n) is 9.39. The predicted octanol–water partition coefficient (Wildman–Crippen LogP) is 3.55. The number of aromatic nitrogens is 1. The molecule has 1 aliphatic heterocycles. The van der Waals surface area contributed by atoms with Crippen LogP contribution in [0, 0.1) is 11.3 Å². The lowest BCUT2D eigenvalue weighted by Gasteiger charge is -2.04. The fourth-order valence-electron chi connectivity index (χ4n) is 2.34. The highest BCUT2D eigenvalue weighted by Crippen LogP contribution is 2.32. The van der Waals surface area contributed by atoms with Crippen molar-refractivity contribution in [1.82, 2.24) is 4.57 Å². The fourth-order valence-corrected chi connectivity index (χ4v) is 3.84. The number of thiophene rings is 1. The van der Waals surface area contributed by atoms with E-state index in [9.17, 15) is 4.79 Å². The Morgan fingerprint density at radius 2 is 2.33 bits per heavy atom. The largest absolute Gasteiger partial charge is 0.341 e. The lowest BCUT2D eigenvalue weighted by molar-refractivity contribution is 0.103. The molecule has 0 fully saturated rings. The van der Waals surface area contributed by atoms with E-state index in [1.807, 2.05) is 28.1 Å². The predicted molar refractivity (Wildman–Crippen MR) is 72.9 cm³/mol. The van der Waals surface area contributed by atoms with E-state index in [-0.39, 0.29) is 11.7 Å². The van der Waals surface area contributed by atoms with E-state index in [1.165, 1.54) is 11.3 Å². The molecule has 0 bridgehead atoms. The lowest BCUT2D eigenvalue weighted by Crippen LogP contribution is -2.07. The summed E-state index contributed by atoms with van der Waals surface area (Å²) < 4.78 is 2.81. The van der Waals surface area contributed by atoms with Gasteiger partial charge in [-0.2, -0.15) is 5.26 Å². The molecule has 3 rings (SSSR count). The molecule has 3 nitrogen and oxygen atoms in total. The molecule has 1 unspecified atom stereocenters. The van der Waals surface area contributed by atoms with Gasteiger partial charge in [0.1, 0.15) is 0 Å². The maximum absolute atomic E-state index is 12.4. The van der Waals surface area contributed by atoms with Gasteiger partial charge in [-0.3, -0.25) is 4.79 Å². The summed E-state index contributed by atoms with van der Waals surface area (Å²) in [4.78, 5) is 13.1. The first-order valence-corrected chi connectivity index (χ1v) is 7.26. The Balaban J connectivity index is 2.03. The van der Waals surface area contributed by atoms with Gasteiger partial charge in [-0.15, -0.1) is 11.3 Å². The van der Waals surface area contributed by atoms with E-state index in [0.717, 1.165) is 28.0 Å². The van der Waals surface area contributed by atoms with Crippen LogP contribution in [0.2, 0.25) is 0 Å². The molecule has 5 heteroatoms. The highest BCUT2D eigenvalue weighted by Gasteiger charge is 2.27. The average Bonchev–Trinajstić information content (AvgIpc) is 3.02. The zero-order chi connectivity index (χ0) is 12.7. The van der Waals surface area contributed by atoms with E-state index in [2.05, 4.69) is 22.0 Å². The van der Waals surface area contributed by atoms with Crippen molar-refractivity contribution < 1.29 is 4.79 Å². The van der Waals surface area contributed by atoms with Crippen molar-refractivity contribution in [3.8, 4) is 6.07 Å². The molecule has 0 spiro atoms. The third-order valence-electron chi connectivity index (χ3n) is 3.22. The molecule has 0 N–H and O–H groups in total. The molecule has 2 aromatic heterocycles. The Morgan fingerprint density at radius 3 is 3.00 bits per heavy atom. The number of hydrogen-bond acceptors (Lipinski definition) is 3. The van der Waals surface area contributed by atoms with E-state index >= 15 is 0 Å². The number of carbonyl (C=O) groups is 1. The van der Waals surface area contributed by atoms with E-state index in [1.54, 1.807) is 0 Å². The van der Waals surface area contributed by atoms with Gasteiger partial charge >= 0.3 is 0 Å². The highest BCUT2D eigenvalue weighted by molar-refractivity contribution is 9.10. The Morgan fingerprint density at radius 1 is 1.50 bits per heavy atom. The van der Waals surface area contributed by atoms with Crippen molar-refractivity contribution in [2.45, 2.75) is 18.9 Å². The number of hydrogen-bond donors (Lipinski definition) is 0. The second-order valence-corrected chi connectivity index (χ2v) is 5.96. The summed E-state index contributed by atoms with van der Waals surface area (Å²) >= 11 is 4.82. The number of nitrogens with zero attached hydrogens (tertiary/aromatic N) is 2. The molecule has 3 heterocycles. The van der Waals surface area contributed by atoms with Crippen molar-refractivity contribution in [3.05, 3.63) is 44.3 Å². The lowest BCUT2D eigenvalue weighted by atomic mass is 10.1. The van der Waals surface area contributed by atoms with Crippen molar-refractivity contribution in [3.63, 3.8) is 0 Å². The van der Waals surface area contributed by atoms with Crippen LogP contribution in [-0.4, -0.2) is 10.4 Å². The first-order valence-electron chi connectivity index (χ1n) is 5.59. The van der Waals surface area contributed by atoms with Crippen LogP contribution in [0.15, 0.2) is 28.1 Å². The molecule has 90 valence electrons. The zero-order valence-corrected chi connectivity index (χ0v) is 11.8. The molecular formula is C13H9BrN2OS. The molecule has 1 aliphatic rings. The maximum atomic E-state index is 12.4. The standard InChI is InChI=1S/C13H9BrN2OS/c14-9-4-6-18-13(9)12(17)11-2-1-10-8(7-15)3-5-16(10)11/h1-2,4,6,8H,3,5H2. The number of ketones is 1. The summed E-state index contributed by atoms with van der Waals surface area (Å²) in [5.41, 5.74) is 1.65. The van der Waals surface area contributed by atoms with E-state index in [4.69, 9.17) is 5.26 Å². The number of halogens is 1. The van der Waals surface area contributed by atoms with Gasteiger partial charge in [-0.05, 0) is 45.9 Å². The van der Waals surface area contributed by atoms with Crippen LogP contribution in [0.1, 0.15) is 33.4 Å². The Hall–Kier alpha value is -1.38. The van der Waals surface area contributed by atoms with Crippen LogP contribution in [0.25, 0.3) is 0 Å². The minimum Gasteiger partial charge on any atom is -0.341 e. The van der Waals surface area contributed by atoms with Crippen LogP contribution in [0.4, 0.5) is 0 Å². The molecule has 0 saturated carbocycles. The minimum absolute atomic E-state index is 0.0294. The van der Waals surface area contributed by atoms with Crippen LogP contribution < -0.4 is 0 Å². The number of fused-ring (bicyclic) bond motifs is 1. The monoisotopic (exact) mass is 320 g/mol. The maximum Gasteiger partial charge on any atom is 0.220 e. The van der Waals surface area contributed by atoms with Crippen molar-refractivity contribution in [2.24, 2.45) is 0 Å². The van der Waals surface area contributed by atoms with Crippen LogP contribution in [-0.2, 0) is 6.54 Å². The first-order chi connectivity index (χ1) is 8.72. The van der Waals surface area contributed by atoms with Crippen molar-refractivity contribution in [2.75, 3.05) is 0 Å². The number of carbonyl (C=O) groups excluding carboxylic acids is 1. The number of rotatable bonds is 2. The van der Waals surface area contributed by atoms with Gasteiger partial charge in [0.15, 0.2) is 0 Å². The Kier molecular flexibility index (Phi) is 2.84. The smallest absolute Gasteiger partial charge is 0.220 e. The van der Waals surface area contributed by atoms with Gasteiger partial charge in [0.2, 0.25) is 5.78 Å². The third kappa shape index (κ3) is 1.64. The number of nitriles is 1. The molecule has 2 aromatic rings. The van der Waals surface area contributed by atoms with Gasteiger partial charge in [0.25, 0.3) is 0 Å². The highest BCUT2D eigenvalue weighted by atomic mass is 79.9. The topological polar surface area (TPSA) is 45.8 Å². The summed E-state index contributed by atoms with van der Waals surface area (Å²) in [5, 5.41) is 10.9. The Labute approximate surface area is 117 Å². The average molecular weight is 321 g/mol.